The highest BCUT2D eigenvalue weighted by molar-refractivity contribution is 5.95. The Morgan fingerprint density at radius 1 is 1.52 bits per heavy atom. The molecule has 7 nitrogen and oxygen atoms in total. The molecule has 0 bridgehead atoms. The molecule has 2 N–H and O–H groups in total. The maximum Gasteiger partial charge on any atom is 0.282 e. The standard InChI is InChI=1S/C16H23N3O4/c1-11-5-4-8-18(10-11)12(2)16(20)17-14-7-6-13(19(21)22)9-15(14)23-3/h6-7,9,11-12H,4-5,8,10H2,1-3H3,(H,17,20)/p+1/t11-,12-/m0/s1. The number of carbonyl (C=O) groups excluding carboxylic acids is 1. The third kappa shape index (κ3) is 4.19. The lowest BCUT2D eigenvalue weighted by Crippen LogP contribution is -3.17. The Kier molecular flexibility index (Phi) is 5.54. The minimum Gasteiger partial charge on any atom is -0.494 e. The topological polar surface area (TPSA) is 85.9 Å². The first kappa shape index (κ1) is 17.2. The predicted molar refractivity (Wildman–Crippen MR) is 86.8 cm³/mol. The van der Waals surface area contributed by atoms with Crippen molar-refractivity contribution in [3.63, 3.8) is 0 Å². The number of nitrogens with one attached hydrogen (secondary N) is 2. The molecular weight excluding hydrogens is 298 g/mol. The lowest BCUT2D eigenvalue weighted by Gasteiger charge is -2.31. The predicted octanol–water partition coefficient (Wildman–Crippen LogP) is 1.25. The van der Waals surface area contributed by atoms with E-state index in [1.807, 2.05) is 6.92 Å². The van der Waals surface area contributed by atoms with Gasteiger partial charge in [0.15, 0.2) is 6.04 Å². The number of ether oxygens (including phenoxy) is 1. The van der Waals surface area contributed by atoms with Gasteiger partial charge in [-0.3, -0.25) is 14.9 Å². The van der Waals surface area contributed by atoms with Crippen LogP contribution in [0.15, 0.2) is 18.2 Å². The van der Waals surface area contributed by atoms with Crippen molar-refractivity contribution in [3.05, 3.63) is 28.3 Å². The molecule has 1 aromatic carbocycles. The summed E-state index contributed by atoms with van der Waals surface area (Å²) in [5, 5.41) is 13.6. The first-order valence-electron chi connectivity index (χ1n) is 7.90. The normalized spacial score (nSPS) is 22.2. The summed E-state index contributed by atoms with van der Waals surface area (Å²) in [4.78, 5) is 24.1. The van der Waals surface area contributed by atoms with Crippen LogP contribution in [0.3, 0.4) is 0 Å². The van der Waals surface area contributed by atoms with E-state index in [-0.39, 0.29) is 17.6 Å². The molecule has 2 rings (SSSR count). The zero-order valence-corrected chi connectivity index (χ0v) is 13.8. The maximum absolute atomic E-state index is 12.5. The highest BCUT2D eigenvalue weighted by atomic mass is 16.6. The Morgan fingerprint density at radius 3 is 2.87 bits per heavy atom. The van der Waals surface area contributed by atoms with Gasteiger partial charge in [0.2, 0.25) is 0 Å². The first-order valence-corrected chi connectivity index (χ1v) is 7.90. The van der Waals surface area contributed by atoms with Gasteiger partial charge in [0.1, 0.15) is 5.75 Å². The molecule has 1 aromatic rings. The molecule has 3 atom stereocenters. The number of nitro benzene ring substituents is 1. The van der Waals surface area contributed by atoms with Crippen molar-refractivity contribution in [1.29, 1.82) is 0 Å². The molecule has 1 unspecified atom stereocenters. The van der Waals surface area contributed by atoms with E-state index < -0.39 is 4.92 Å². The van der Waals surface area contributed by atoms with Crippen LogP contribution in [0.1, 0.15) is 26.7 Å². The highest BCUT2D eigenvalue weighted by Gasteiger charge is 2.29. The van der Waals surface area contributed by atoms with E-state index in [2.05, 4.69) is 12.2 Å². The van der Waals surface area contributed by atoms with Gasteiger partial charge >= 0.3 is 0 Å². The zero-order chi connectivity index (χ0) is 17.0. The van der Waals surface area contributed by atoms with Crippen LogP contribution in [0, 0.1) is 16.0 Å². The molecule has 0 saturated carbocycles. The van der Waals surface area contributed by atoms with E-state index in [1.54, 1.807) is 0 Å². The molecule has 0 aromatic heterocycles. The Bertz CT molecular complexity index is 591. The van der Waals surface area contributed by atoms with E-state index in [9.17, 15) is 14.9 Å². The number of likely N-dealkylation sites (tertiary alicyclic amines) is 1. The van der Waals surface area contributed by atoms with Gasteiger partial charge in [0.05, 0.1) is 36.9 Å². The first-order chi connectivity index (χ1) is 10.9. The number of quaternary nitrogens is 1. The van der Waals surface area contributed by atoms with Crippen molar-refractivity contribution >= 4 is 17.3 Å². The number of non-ortho nitro benzene ring substituents is 1. The van der Waals surface area contributed by atoms with Crippen molar-refractivity contribution in [2.24, 2.45) is 5.92 Å². The van der Waals surface area contributed by atoms with Crippen LogP contribution in [0.4, 0.5) is 11.4 Å². The van der Waals surface area contributed by atoms with Gasteiger partial charge in [0, 0.05) is 12.0 Å². The Labute approximate surface area is 135 Å². The smallest absolute Gasteiger partial charge is 0.282 e. The highest BCUT2D eigenvalue weighted by Crippen LogP contribution is 2.29. The molecule has 1 fully saturated rings. The quantitative estimate of drug-likeness (QED) is 0.631. The monoisotopic (exact) mass is 322 g/mol. The number of rotatable bonds is 5. The number of anilines is 1. The average molecular weight is 322 g/mol. The van der Waals surface area contributed by atoms with E-state index in [0.717, 1.165) is 19.5 Å². The summed E-state index contributed by atoms with van der Waals surface area (Å²) in [6.45, 7) is 6.12. The van der Waals surface area contributed by atoms with Crippen molar-refractivity contribution in [2.45, 2.75) is 32.7 Å². The second-order valence-corrected chi connectivity index (χ2v) is 6.21. The van der Waals surface area contributed by atoms with Gasteiger partial charge in [-0.05, 0) is 25.8 Å². The number of hydrogen-bond acceptors (Lipinski definition) is 4. The van der Waals surface area contributed by atoms with Crippen LogP contribution < -0.4 is 15.0 Å². The van der Waals surface area contributed by atoms with Crippen LogP contribution in [0.25, 0.3) is 0 Å². The molecule has 23 heavy (non-hydrogen) atoms. The van der Waals surface area contributed by atoms with Crippen LogP contribution in [0.5, 0.6) is 5.75 Å². The molecule has 1 heterocycles. The van der Waals surface area contributed by atoms with Crippen molar-refractivity contribution in [3.8, 4) is 5.75 Å². The number of carbonyl (C=O) groups is 1. The summed E-state index contributed by atoms with van der Waals surface area (Å²) in [6, 6.07) is 4.02. The van der Waals surface area contributed by atoms with E-state index >= 15 is 0 Å². The fourth-order valence-electron chi connectivity index (χ4n) is 3.05. The lowest BCUT2D eigenvalue weighted by molar-refractivity contribution is -0.922. The average Bonchev–Trinajstić information content (AvgIpc) is 2.54. The van der Waals surface area contributed by atoms with Crippen molar-refractivity contribution < 1.29 is 19.4 Å². The van der Waals surface area contributed by atoms with Gasteiger partial charge < -0.3 is 15.0 Å². The Hall–Kier alpha value is -2.15. The number of amides is 1. The minimum absolute atomic E-state index is 0.0663. The summed E-state index contributed by atoms with van der Waals surface area (Å²) < 4.78 is 5.15. The molecular formula is C16H24N3O4+. The number of methoxy groups -OCH3 is 1. The van der Waals surface area contributed by atoms with Crippen LogP contribution >= 0.6 is 0 Å². The van der Waals surface area contributed by atoms with E-state index in [1.165, 1.54) is 36.6 Å². The molecule has 1 aliphatic heterocycles. The summed E-state index contributed by atoms with van der Waals surface area (Å²) in [7, 11) is 1.43. The fourth-order valence-corrected chi connectivity index (χ4v) is 3.05. The molecule has 1 amide bonds. The number of piperidine rings is 1. The van der Waals surface area contributed by atoms with Gasteiger partial charge in [-0.15, -0.1) is 0 Å². The molecule has 126 valence electrons. The van der Waals surface area contributed by atoms with Crippen molar-refractivity contribution in [2.75, 3.05) is 25.5 Å². The minimum atomic E-state index is -0.490. The molecule has 1 aliphatic rings. The Morgan fingerprint density at radius 2 is 2.26 bits per heavy atom. The summed E-state index contributed by atoms with van der Waals surface area (Å²) >= 11 is 0. The third-order valence-electron chi connectivity index (χ3n) is 4.46. The number of nitrogens with zero attached hydrogens (tertiary/aromatic N) is 1. The fraction of sp³-hybridized carbons (Fsp3) is 0.562. The summed E-state index contributed by atoms with van der Waals surface area (Å²) in [5.41, 5.74) is 0.391. The van der Waals surface area contributed by atoms with Crippen molar-refractivity contribution in [1.82, 2.24) is 0 Å². The lowest BCUT2D eigenvalue weighted by atomic mass is 9.99. The van der Waals surface area contributed by atoms with Crippen LogP contribution in [0.2, 0.25) is 0 Å². The second-order valence-electron chi connectivity index (χ2n) is 6.21. The van der Waals surface area contributed by atoms with Gasteiger partial charge in [0.25, 0.3) is 11.6 Å². The SMILES string of the molecule is COc1cc([N+](=O)[O-])ccc1NC(=O)[C@H](C)[NH+]1CCC[C@H](C)C1. The molecule has 0 radical (unpaired) electrons. The molecule has 7 heteroatoms. The van der Waals surface area contributed by atoms with Gasteiger partial charge in [-0.1, -0.05) is 6.92 Å². The second kappa shape index (κ2) is 7.41. The van der Waals surface area contributed by atoms with Crippen LogP contribution in [-0.2, 0) is 4.79 Å². The summed E-state index contributed by atoms with van der Waals surface area (Å²) in [5.74, 6) is 0.825. The zero-order valence-electron chi connectivity index (χ0n) is 13.8. The van der Waals surface area contributed by atoms with Crippen LogP contribution in [-0.4, -0.2) is 37.1 Å². The van der Waals surface area contributed by atoms with E-state index in [4.69, 9.17) is 4.74 Å². The largest absolute Gasteiger partial charge is 0.494 e. The van der Waals surface area contributed by atoms with E-state index in [0.29, 0.717) is 17.4 Å². The van der Waals surface area contributed by atoms with Gasteiger partial charge in [-0.2, -0.15) is 0 Å². The maximum atomic E-state index is 12.5. The number of benzene rings is 1. The number of nitro groups is 1. The summed E-state index contributed by atoms with van der Waals surface area (Å²) in [6.07, 6.45) is 2.35. The third-order valence-corrected chi connectivity index (χ3v) is 4.46. The molecule has 1 saturated heterocycles. The Balaban J connectivity index is 2.08. The molecule has 0 spiro atoms. The molecule has 0 aliphatic carbocycles. The number of hydrogen-bond donors (Lipinski definition) is 2. The van der Waals surface area contributed by atoms with Gasteiger partial charge in [-0.25, -0.2) is 0 Å².